The number of nitrogens with one attached hydrogen (secondary N) is 2. The van der Waals surface area contributed by atoms with Crippen LogP contribution in [0.15, 0.2) is 48.7 Å². The summed E-state index contributed by atoms with van der Waals surface area (Å²) < 4.78 is 0. The summed E-state index contributed by atoms with van der Waals surface area (Å²) in [5.74, 6) is 0.319. The van der Waals surface area contributed by atoms with Crippen LogP contribution in [0.2, 0.25) is 0 Å². The Labute approximate surface area is 109 Å². The maximum atomic E-state index is 11.9. The third-order valence-corrected chi connectivity index (χ3v) is 2.72. The van der Waals surface area contributed by atoms with Gasteiger partial charge in [0.05, 0.1) is 11.9 Å². The quantitative estimate of drug-likeness (QED) is 0.750. The Balaban J connectivity index is 1.72. The first-order valence-corrected chi connectivity index (χ1v) is 5.96. The van der Waals surface area contributed by atoms with Crippen molar-refractivity contribution in [2.24, 2.45) is 0 Å². The van der Waals surface area contributed by atoms with Crippen LogP contribution < -0.4 is 5.32 Å². The van der Waals surface area contributed by atoms with Gasteiger partial charge in [-0.05, 0) is 17.7 Å². The molecular formula is C14H12N4O. The molecule has 0 spiro atoms. The van der Waals surface area contributed by atoms with Crippen LogP contribution in [-0.2, 0) is 11.2 Å². The Morgan fingerprint density at radius 2 is 2.00 bits per heavy atom. The number of carbonyl (C=O) groups excluding carboxylic acids is 1. The molecule has 19 heavy (non-hydrogen) atoms. The molecule has 94 valence electrons. The SMILES string of the molecule is O=C(Cc1ccccc1)Nc1nc2ncccc2[nH]1. The number of carbonyl (C=O) groups is 1. The molecule has 0 unspecified atom stereocenters. The number of nitrogens with zero attached hydrogens (tertiary/aromatic N) is 2. The van der Waals surface area contributed by atoms with E-state index in [1.807, 2.05) is 42.5 Å². The zero-order chi connectivity index (χ0) is 13.1. The van der Waals surface area contributed by atoms with Crippen molar-refractivity contribution in [3.05, 3.63) is 54.2 Å². The molecule has 2 N–H and O–H groups in total. The summed E-state index contributed by atoms with van der Waals surface area (Å²) in [4.78, 5) is 23.2. The van der Waals surface area contributed by atoms with Crippen molar-refractivity contribution in [1.29, 1.82) is 0 Å². The molecule has 0 saturated heterocycles. The highest BCUT2D eigenvalue weighted by Gasteiger charge is 2.07. The Kier molecular flexibility index (Phi) is 2.94. The van der Waals surface area contributed by atoms with Gasteiger partial charge in [-0.2, -0.15) is 4.98 Å². The molecule has 0 bridgehead atoms. The number of amides is 1. The highest BCUT2D eigenvalue weighted by atomic mass is 16.1. The topological polar surface area (TPSA) is 70.7 Å². The second-order valence-corrected chi connectivity index (χ2v) is 4.17. The molecule has 2 heterocycles. The van der Waals surface area contributed by atoms with Crippen LogP contribution in [0.4, 0.5) is 5.95 Å². The Hall–Kier alpha value is -2.69. The molecule has 0 radical (unpaired) electrons. The average molecular weight is 252 g/mol. The third-order valence-electron chi connectivity index (χ3n) is 2.72. The van der Waals surface area contributed by atoms with E-state index in [0.29, 0.717) is 18.0 Å². The summed E-state index contributed by atoms with van der Waals surface area (Å²) in [5, 5.41) is 2.73. The molecular weight excluding hydrogens is 240 g/mol. The van der Waals surface area contributed by atoms with Crippen molar-refractivity contribution in [2.75, 3.05) is 5.32 Å². The molecule has 0 aliphatic rings. The molecule has 3 aromatic rings. The minimum Gasteiger partial charge on any atom is -0.322 e. The molecule has 5 heteroatoms. The normalized spacial score (nSPS) is 10.5. The Morgan fingerprint density at radius 1 is 1.16 bits per heavy atom. The van der Waals surface area contributed by atoms with Gasteiger partial charge in [-0.15, -0.1) is 0 Å². The fourth-order valence-electron chi connectivity index (χ4n) is 1.86. The zero-order valence-corrected chi connectivity index (χ0v) is 10.1. The molecule has 3 rings (SSSR count). The van der Waals surface area contributed by atoms with E-state index in [1.54, 1.807) is 6.20 Å². The van der Waals surface area contributed by atoms with E-state index < -0.39 is 0 Å². The first-order valence-electron chi connectivity index (χ1n) is 5.96. The Bertz CT molecular complexity index is 673. The summed E-state index contributed by atoms with van der Waals surface area (Å²) in [5.41, 5.74) is 2.37. The van der Waals surface area contributed by atoms with Gasteiger partial charge in [0.2, 0.25) is 11.9 Å². The summed E-state index contributed by atoms with van der Waals surface area (Å²) in [6.45, 7) is 0. The molecule has 0 saturated carbocycles. The summed E-state index contributed by atoms with van der Waals surface area (Å²) in [6, 6.07) is 13.3. The zero-order valence-electron chi connectivity index (χ0n) is 10.1. The van der Waals surface area contributed by atoms with Crippen LogP contribution >= 0.6 is 0 Å². The predicted molar refractivity (Wildman–Crippen MR) is 72.7 cm³/mol. The number of rotatable bonds is 3. The van der Waals surface area contributed by atoms with Gasteiger partial charge in [-0.3, -0.25) is 10.1 Å². The lowest BCUT2D eigenvalue weighted by atomic mass is 10.1. The lowest BCUT2D eigenvalue weighted by Crippen LogP contribution is -2.15. The van der Waals surface area contributed by atoms with Crippen molar-refractivity contribution >= 4 is 23.0 Å². The first-order chi connectivity index (χ1) is 9.31. The van der Waals surface area contributed by atoms with Gasteiger partial charge in [0.15, 0.2) is 5.65 Å². The van der Waals surface area contributed by atoms with Crippen LogP contribution in [0.1, 0.15) is 5.56 Å². The smallest absolute Gasteiger partial charge is 0.231 e. The monoisotopic (exact) mass is 252 g/mol. The second-order valence-electron chi connectivity index (χ2n) is 4.17. The number of pyridine rings is 1. The number of aromatic nitrogens is 3. The summed E-state index contributed by atoms with van der Waals surface area (Å²) in [7, 11) is 0. The van der Waals surface area contributed by atoms with Crippen molar-refractivity contribution in [1.82, 2.24) is 15.0 Å². The molecule has 1 amide bonds. The Morgan fingerprint density at radius 3 is 2.79 bits per heavy atom. The molecule has 1 aromatic carbocycles. The van der Waals surface area contributed by atoms with E-state index in [-0.39, 0.29) is 5.91 Å². The van der Waals surface area contributed by atoms with Gasteiger partial charge in [0.25, 0.3) is 0 Å². The van der Waals surface area contributed by atoms with Crippen molar-refractivity contribution in [3.63, 3.8) is 0 Å². The van der Waals surface area contributed by atoms with Gasteiger partial charge in [-0.1, -0.05) is 30.3 Å². The average Bonchev–Trinajstić information content (AvgIpc) is 2.81. The van der Waals surface area contributed by atoms with E-state index in [2.05, 4.69) is 20.3 Å². The fraction of sp³-hybridized carbons (Fsp3) is 0.0714. The fourth-order valence-corrected chi connectivity index (χ4v) is 1.86. The van der Waals surface area contributed by atoms with Gasteiger partial charge < -0.3 is 4.98 Å². The van der Waals surface area contributed by atoms with E-state index >= 15 is 0 Å². The lowest BCUT2D eigenvalue weighted by Gasteiger charge is -2.01. The summed E-state index contributed by atoms with van der Waals surface area (Å²) in [6.07, 6.45) is 1.99. The summed E-state index contributed by atoms with van der Waals surface area (Å²) >= 11 is 0. The van der Waals surface area contributed by atoms with Crippen molar-refractivity contribution in [2.45, 2.75) is 6.42 Å². The van der Waals surface area contributed by atoms with Crippen molar-refractivity contribution < 1.29 is 4.79 Å². The minimum absolute atomic E-state index is 0.106. The number of aromatic amines is 1. The standard InChI is InChI=1S/C14H12N4O/c19-12(9-10-5-2-1-3-6-10)17-14-16-11-7-4-8-15-13(11)18-14/h1-8H,9H2,(H2,15,16,17,18,19). The van der Waals surface area contributed by atoms with E-state index in [0.717, 1.165) is 11.1 Å². The van der Waals surface area contributed by atoms with Gasteiger partial charge >= 0.3 is 0 Å². The number of benzene rings is 1. The van der Waals surface area contributed by atoms with Crippen LogP contribution in [0.3, 0.4) is 0 Å². The molecule has 0 aliphatic heterocycles. The largest absolute Gasteiger partial charge is 0.322 e. The lowest BCUT2D eigenvalue weighted by molar-refractivity contribution is -0.115. The molecule has 0 fully saturated rings. The van der Waals surface area contributed by atoms with Gasteiger partial charge in [0.1, 0.15) is 0 Å². The highest BCUT2D eigenvalue weighted by molar-refractivity contribution is 5.92. The number of hydrogen-bond acceptors (Lipinski definition) is 3. The van der Waals surface area contributed by atoms with Crippen LogP contribution in [0.5, 0.6) is 0 Å². The van der Waals surface area contributed by atoms with E-state index in [9.17, 15) is 4.79 Å². The predicted octanol–water partition coefficient (Wildman–Crippen LogP) is 2.14. The molecule has 5 nitrogen and oxygen atoms in total. The number of hydrogen-bond donors (Lipinski definition) is 2. The van der Waals surface area contributed by atoms with Gasteiger partial charge in [-0.25, -0.2) is 4.98 Å². The number of imidazole rings is 1. The third kappa shape index (κ3) is 2.60. The molecule has 2 aromatic heterocycles. The van der Waals surface area contributed by atoms with E-state index in [1.165, 1.54) is 0 Å². The maximum Gasteiger partial charge on any atom is 0.231 e. The van der Waals surface area contributed by atoms with E-state index in [4.69, 9.17) is 0 Å². The molecule has 0 aliphatic carbocycles. The van der Waals surface area contributed by atoms with Crippen LogP contribution in [-0.4, -0.2) is 20.9 Å². The number of fused-ring (bicyclic) bond motifs is 1. The maximum absolute atomic E-state index is 11.9. The van der Waals surface area contributed by atoms with Crippen molar-refractivity contribution in [3.8, 4) is 0 Å². The number of H-pyrrole nitrogens is 1. The number of anilines is 1. The highest BCUT2D eigenvalue weighted by Crippen LogP contribution is 2.11. The van der Waals surface area contributed by atoms with Crippen LogP contribution in [0, 0.1) is 0 Å². The van der Waals surface area contributed by atoms with Gasteiger partial charge in [0, 0.05) is 6.20 Å². The molecule has 0 atom stereocenters. The first kappa shape index (κ1) is 11.4. The second kappa shape index (κ2) is 4.89. The van der Waals surface area contributed by atoms with Crippen LogP contribution in [0.25, 0.3) is 11.2 Å². The minimum atomic E-state index is -0.106.